The van der Waals surface area contributed by atoms with Crippen molar-refractivity contribution < 1.29 is 18.1 Å². The minimum atomic E-state index is -2.57. The minimum Gasteiger partial charge on any atom is -0.400 e. The van der Waals surface area contributed by atoms with Gasteiger partial charge in [-0.25, -0.2) is 8.78 Å². The summed E-state index contributed by atoms with van der Waals surface area (Å²) in [5, 5.41) is 0. The topological polar surface area (TPSA) is 18.5 Å². The molecule has 1 aliphatic heterocycles. The molecule has 1 aliphatic carbocycles. The van der Waals surface area contributed by atoms with Crippen molar-refractivity contribution in [1.29, 1.82) is 0 Å². The molecule has 0 spiro atoms. The summed E-state index contributed by atoms with van der Waals surface area (Å²) in [6.07, 6.45) is 0.0752. The zero-order valence-electron chi connectivity index (χ0n) is 11.8. The second-order valence-corrected chi connectivity index (χ2v) is 6.43. The van der Waals surface area contributed by atoms with E-state index in [-0.39, 0.29) is 12.8 Å². The van der Waals surface area contributed by atoms with Gasteiger partial charge in [-0.2, -0.15) is 0 Å². The molecule has 0 unspecified atom stereocenters. The van der Waals surface area contributed by atoms with Crippen LogP contribution in [0.15, 0.2) is 11.0 Å². The summed E-state index contributed by atoms with van der Waals surface area (Å²) in [6, 6.07) is 0. The van der Waals surface area contributed by atoms with E-state index in [1.165, 1.54) is 0 Å². The van der Waals surface area contributed by atoms with Gasteiger partial charge in [0.25, 0.3) is 5.92 Å². The number of hydrogen-bond acceptors (Lipinski definition) is 2. The third-order valence-electron chi connectivity index (χ3n) is 4.37. The van der Waals surface area contributed by atoms with E-state index in [2.05, 4.69) is 0 Å². The van der Waals surface area contributed by atoms with Gasteiger partial charge in [0.2, 0.25) is 0 Å². The second-order valence-electron chi connectivity index (χ2n) is 6.43. The Morgan fingerprint density at radius 1 is 1.06 bits per heavy atom. The maximum atomic E-state index is 13.3. The Bertz CT molecular complexity index is 372. The van der Waals surface area contributed by atoms with Gasteiger partial charge in [0.1, 0.15) is 0 Å². The van der Waals surface area contributed by atoms with E-state index in [4.69, 9.17) is 9.31 Å². The number of halogens is 2. The fourth-order valence-corrected chi connectivity index (χ4v) is 2.43. The molecule has 0 bridgehead atoms. The Morgan fingerprint density at radius 3 is 2.00 bits per heavy atom. The zero-order valence-corrected chi connectivity index (χ0v) is 11.8. The second kappa shape index (κ2) is 4.04. The molecular weight excluding hydrogens is 237 g/mol. The minimum absolute atomic E-state index is 0.107. The summed E-state index contributed by atoms with van der Waals surface area (Å²) in [7, 11) is -0.467. The van der Waals surface area contributed by atoms with Crippen molar-refractivity contribution in [2.24, 2.45) is 0 Å². The number of hydrogen-bond donors (Lipinski definition) is 0. The summed E-state index contributed by atoms with van der Waals surface area (Å²) >= 11 is 0. The van der Waals surface area contributed by atoms with Crippen LogP contribution in [0.3, 0.4) is 0 Å². The Balaban J connectivity index is 2.21. The Morgan fingerprint density at radius 2 is 1.56 bits per heavy atom. The molecule has 2 aliphatic rings. The number of allylic oxidation sites excluding steroid dienone is 2. The molecule has 2 nitrogen and oxygen atoms in total. The van der Waals surface area contributed by atoms with Crippen molar-refractivity contribution >= 4 is 7.12 Å². The monoisotopic (exact) mass is 258 g/mol. The summed E-state index contributed by atoms with van der Waals surface area (Å²) in [4.78, 5) is 0. The average molecular weight is 258 g/mol. The van der Waals surface area contributed by atoms with Crippen molar-refractivity contribution in [3.63, 3.8) is 0 Å². The molecule has 0 saturated carbocycles. The van der Waals surface area contributed by atoms with Gasteiger partial charge >= 0.3 is 7.12 Å². The van der Waals surface area contributed by atoms with E-state index in [1.54, 1.807) is 6.92 Å². The van der Waals surface area contributed by atoms with Crippen LogP contribution in [0, 0.1) is 0 Å². The van der Waals surface area contributed by atoms with Gasteiger partial charge in [0.05, 0.1) is 11.2 Å². The highest BCUT2D eigenvalue weighted by molar-refractivity contribution is 6.54. The van der Waals surface area contributed by atoms with Crippen LogP contribution >= 0.6 is 0 Å². The highest BCUT2D eigenvalue weighted by Crippen LogP contribution is 2.43. The lowest BCUT2D eigenvalue weighted by Crippen LogP contribution is -2.41. The third-order valence-corrected chi connectivity index (χ3v) is 4.37. The largest absolute Gasteiger partial charge is 0.490 e. The molecular formula is C13H21BF2O2. The fraction of sp³-hybridized carbons (Fsp3) is 0.846. The maximum absolute atomic E-state index is 13.3. The standard InChI is InChI=1S/C13H21BF2O2/c1-9-8-13(15,16)7-6-10(9)14-17-11(2,3)12(4,5)18-14/h6-8H2,1-5H3. The molecule has 0 aromatic carbocycles. The SMILES string of the molecule is CC1=C(B2OC(C)(C)C(C)(C)O2)CCC(F)(F)C1. The van der Waals surface area contributed by atoms with E-state index >= 15 is 0 Å². The predicted molar refractivity (Wildman–Crippen MR) is 67.6 cm³/mol. The summed E-state index contributed by atoms with van der Waals surface area (Å²) < 4.78 is 38.4. The molecule has 102 valence electrons. The lowest BCUT2D eigenvalue weighted by molar-refractivity contribution is -0.0115. The molecule has 0 atom stereocenters. The van der Waals surface area contributed by atoms with E-state index in [0.29, 0.717) is 12.0 Å². The molecule has 0 amide bonds. The lowest BCUT2D eigenvalue weighted by Gasteiger charge is -2.32. The van der Waals surface area contributed by atoms with Gasteiger partial charge in [-0.15, -0.1) is 0 Å². The van der Waals surface area contributed by atoms with Crippen LogP contribution in [0.2, 0.25) is 0 Å². The summed E-state index contributed by atoms with van der Waals surface area (Å²) in [5.41, 5.74) is 0.792. The average Bonchev–Trinajstić information content (AvgIpc) is 2.33. The zero-order chi connectivity index (χ0) is 13.8. The first-order valence-electron chi connectivity index (χ1n) is 6.46. The summed E-state index contributed by atoms with van der Waals surface area (Å²) in [6.45, 7) is 9.65. The van der Waals surface area contributed by atoms with Gasteiger partial charge < -0.3 is 9.31 Å². The molecule has 0 N–H and O–H groups in total. The Kier molecular flexibility index (Phi) is 3.14. The van der Waals surface area contributed by atoms with Gasteiger partial charge in [0, 0.05) is 12.8 Å². The third kappa shape index (κ3) is 2.35. The highest BCUT2D eigenvalue weighted by Gasteiger charge is 2.53. The normalized spacial score (nSPS) is 29.8. The van der Waals surface area contributed by atoms with Crippen LogP contribution in [0.4, 0.5) is 8.78 Å². The van der Waals surface area contributed by atoms with Crippen molar-refractivity contribution in [2.75, 3.05) is 0 Å². The first kappa shape index (κ1) is 14.0. The van der Waals surface area contributed by atoms with Gasteiger partial charge in [-0.05, 0) is 46.5 Å². The Hall–Kier alpha value is -0.415. The van der Waals surface area contributed by atoms with Gasteiger partial charge in [0.15, 0.2) is 0 Å². The van der Waals surface area contributed by atoms with Gasteiger partial charge in [-0.3, -0.25) is 0 Å². The molecule has 1 heterocycles. The molecule has 5 heteroatoms. The van der Waals surface area contributed by atoms with Crippen LogP contribution < -0.4 is 0 Å². The molecule has 0 aromatic heterocycles. The maximum Gasteiger partial charge on any atom is 0.490 e. The van der Waals surface area contributed by atoms with Crippen LogP contribution in [0.1, 0.15) is 53.9 Å². The van der Waals surface area contributed by atoms with Gasteiger partial charge in [-0.1, -0.05) is 5.57 Å². The van der Waals surface area contributed by atoms with Crippen molar-refractivity contribution in [1.82, 2.24) is 0 Å². The highest BCUT2D eigenvalue weighted by atomic mass is 19.3. The van der Waals surface area contributed by atoms with E-state index in [9.17, 15) is 8.78 Å². The quantitative estimate of drug-likeness (QED) is 0.667. The Labute approximate surface area is 108 Å². The molecule has 2 rings (SSSR count). The molecule has 0 radical (unpaired) electrons. The molecule has 18 heavy (non-hydrogen) atoms. The molecule has 0 aromatic rings. The number of alkyl halides is 2. The first-order chi connectivity index (χ1) is 8.04. The van der Waals surface area contributed by atoms with E-state index in [1.807, 2.05) is 27.7 Å². The van der Waals surface area contributed by atoms with Crippen LogP contribution in [-0.4, -0.2) is 24.2 Å². The molecule has 1 saturated heterocycles. The van der Waals surface area contributed by atoms with Crippen LogP contribution in [0.5, 0.6) is 0 Å². The first-order valence-corrected chi connectivity index (χ1v) is 6.46. The van der Waals surface area contributed by atoms with Crippen molar-refractivity contribution in [3.05, 3.63) is 11.0 Å². The van der Waals surface area contributed by atoms with Crippen molar-refractivity contribution in [3.8, 4) is 0 Å². The lowest BCUT2D eigenvalue weighted by atomic mass is 9.69. The van der Waals surface area contributed by atoms with E-state index in [0.717, 1.165) is 5.47 Å². The molecule has 1 fully saturated rings. The van der Waals surface area contributed by atoms with Crippen LogP contribution in [-0.2, 0) is 9.31 Å². The predicted octanol–water partition coefficient (Wildman–Crippen LogP) is 3.75. The fourth-order valence-electron chi connectivity index (χ4n) is 2.43. The van der Waals surface area contributed by atoms with Crippen LogP contribution in [0.25, 0.3) is 0 Å². The number of rotatable bonds is 1. The van der Waals surface area contributed by atoms with E-state index < -0.39 is 24.2 Å². The smallest absolute Gasteiger partial charge is 0.400 e. The van der Waals surface area contributed by atoms with Crippen molar-refractivity contribution in [2.45, 2.75) is 71.0 Å². The summed E-state index contributed by atoms with van der Waals surface area (Å²) in [5.74, 6) is -2.57.